The van der Waals surface area contributed by atoms with Crippen molar-refractivity contribution in [3.8, 4) is 51.0 Å². The minimum absolute atomic E-state index is 0.506. The molecule has 4 aromatic heterocycles. The highest BCUT2D eigenvalue weighted by atomic mass is 16.3. The molecule has 15 rings (SSSR count). The molecule has 0 saturated carbocycles. The van der Waals surface area contributed by atoms with E-state index in [1.54, 1.807) is 0 Å². The van der Waals surface area contributed by atoms with Crippen molar-refractivity contribution in [3.05, 3.63) is 216 Å². The molecule has 0 saturated heterocycles. The molecule has 1 spiro atoms. The first-order valence-electron chi connectivity index (χ1n) is 21.7. The third-order valence-electron chi connectivity index (χ3n) is 13.9. The number of para-hydroxylation sites is 3. The molecule has 296 valence electrons. The molecule has 0 bridgehead atoms. The number of fused-ring (bicyclic) bond motifs is 20. The van der Waals surface area contributed by atoms with E-state index < -0.39 is 5.41 Å². The standard InChI is InChI=1S/C58H32N4O2/c1-7-19-44-35(13-1)36-14-2-8-20-45(36)58(44)46-21-9-3-18-43(46)53-47(58)30-29-42-37-15-4-10-22-48(37)62(54(42)53)57-60-55(33-25-27-40-38-16-5-11-23-49(38)63-51(40)31-33)59-56(61-57)34-26-28-41-39-17-6-12-24-50(39)64-52(41)32-34/h1-32H. The molecule has 0 fully saturated rings. The van der Waals surface area contributed by atoms with Crippen LogP contribution < -0.4 is 0 Å². The number of benzene rings is 9. The minimum Gasteiger partial charge on any atom is -0.456 e. The van der Waals surface area contributed by atoms with Gasteiger partial charge in [0.05, 0.1) is 16.4 Å². The zero-order valence-corrected chi connectivity index (χ0v) is 34.1. The maximum atomic E-state index is 6.41. The quantitative estimate of drug-likeness (QED) is 0.178. The van der Waals surface area contributed by atoms with E-state index in [0.29, 0.717) is 17.6 Å². The molecular weight excluding hydrogens is 785 g/mol. The summed E-state index contributed by atoms with van der Waals surface area (Å²) in [4.78, 5) is 16.2. The number of aromatic nitrogens is 4. The Labute approximate surface area is 365 Å². The first-order valence-corrected chi connectivity index (χ1v) is 21.7. The highest BCUT2D eigenvalue weighted by Gasteiger charge is 2.52. The normalized spacial score (nSPS) is 13.4. The van der Waals surface area contributed by atoms with Crippen molar-refractivity contribution in [2.75, 3.05) is 0 Å². The summed E-state index contributed by atoms with van der Waals surface area (Å²) in [6.45, 7) is 0. The smallest absolute Gasteiger partial charge is 0.238 e. The maximum Gasteiger partial charge on any atom is 0.238 e. The van der Waals surface area contributed by atoms with Gasteiger partial charge in [0, 0.05) is 49.0 Å². The van der Waals surface area contributed by atoms with Crippen LogP contribution in [0.3, 0.4) is 0 Å². The fraction of sp³-hybridized carbons (Fsp3) is 0.0172. The van der Waals surface area contributed by atoms with Gasteiger partial charge in [-0.15, -0.1) is 0 Å². The maximum absolute atomic E-state index is 6.41. The van der Waals surface area contributed by atoms with Crippen molar-refractivity contribution in [2.45, 2.75) is 5.41 Å². The summed E-state index contributed by atoms with van der Waals surface area (Å²) in [6.07, 6.45) is 0. The van der Waals surface area contributed by atoms with E-state index in [-0.39, 0.29) is 0 Å². The van der Waals surface area contributed by atoms with E-state index in [2.05, 4.69) is 162 Å². The van der Waals surface area contributed by atoms with E-state index in [0.717, 1.165) is 76.8 Å². The fourth-order valence-electron chi connectivity index (χ4n) is 11.3. The molecule has 0 atom stereocenters. The van der Waals surface area contributed by atoms with Gasteiger partial charge in [-0.05, 0) is 81.4 Å². The van der Waals surface area contributed by atoms with Crippen LogP contribution in [0.5, 0.6) is 0 Å². The Bertz CT molecular complexity index is 3990. The summed E-state index contributed by atoms with van der Waals surface area (Å²) in [5.74, 6) is 1.61. The van der Waals surface area contributed by atoms with Gasteiger partial charge in [0.2, 0.25) is 5.95 Å². The SMILES string of the molecule is c1ccc2c(c1)-c1ccccc1C21c2ccccc2-c2c1ccc1c3ccccc3n(-c3nc(-c4ccc5c(c4)oc4ccccc45)nc(-c4ccc5c(c4)oc4ccccc45)n3)c21. The van der Waals surface area contributed by atoms with Crippen molar-refractivity contribution in [1.29, 1.82) is 0 Å². The van der Waals surface area contributed by atoms with Crippen molar-refractivity contribution in [1.82, 2.24) is 19.5 Å². The van der Waals surface area contributed by atoms with Crippen molar-refractivity contribution < 1.29 is 8.83 Å². The zero-order valence-electron chi connectivity index (χ0n) is 34.1. The molecule has 2 aliphatic carbocycles. The predicted octanol–water partition coefficient (Wildman–Crippen LogP) is 14.4. The van der Waals surface area contributed by atoms with Gasteiger partial charge >= 0.3 is 0 Å². The minimum atomic E-state index is -0.506. The lowest BCUT2D eigenvalue weighted by Gasteiger charge is -2.30. The van der Waals surface area contributed by atoms with E-state index in [9.17, 15) is 0 Å². The molecule has 6 nitrogen and oxygen atoms in total. The van der Waals surface area contributed by atoms with Gasteiger partial charge in [0.15, 0.2) is 11.6 Å². The Balaban J connectivity index is 1.05. The van der Waals surface area contributed by atoms with Gasteiger partial charge in [-0.2, -0.15) is 9.97 Å². The van der Waals surface area contributed by atoms with Crippen LogP contribution in [0.1, 0.15) is 22.3 Å². The monoisotopic (exact) mass is 816 g/mol. The van der Waals surface area contributed by atoms with Gasteiger partial charge in [-0.3, -0.25) is 4.57 Å². The van der Waals surface area contributed by atoms with Crippen LogP contribution in [-0.2, 0) is 5.41 Å². The van der Waals surface area contributed by atoms with Gasteiger partial charge in [0.1, 0.15) is 22.3 Å². The third kappa shape index (κ3) is 4.31. The van der Waals surface area contributed by atoms with E-state index in [1.165, 1.54) is 44.5 Å². The van der Waals surface area contributed by atoms with Gasteiger partial charge < -0.3 is 8.83 Å². The van der Waals surface area contributed by atoms with E-state index >= 15 is 0 Å². The molecule has 64 heavy (non-hydrogen) atoms. The van der Waals surface area contributed by atoms with Crippen molar-refractivity contribution in [2.24, 2.45) is 0 Å². The summed E-state index contributed by atoms with van der Waals surface area (Å²) in [6, 6.07) is 69.0. The molecule has 9 aromatic carbocycles. The van der Waals surface area contributed by atoms with Crippen LogP contribution in [0.2, 0.25) is 0 Å². The molecule has 0 unspecified atom stereocenters. The lowest BCUT2D eigenvalue weighted by Crippen LogP contribution is -2.25. The summed E-state index contributed by atoms with van der Waals surface area (Å²) < 4.78 is 15.1. The van der Waals surface area contributed by atoms with Crippen LogP contribution >= 0.6 is 0 Å². The number of nitrogens with zero attached hydrogens (tertiary/aromatic N) is 4. The van der Waals surface area contributed by atoms with Crippen molar-refractivity contribution in [3.63, 3.8) is 0 Å². The second kappa shape index (κ2) is 12.3. The Morgan fingerprint density at radius 1 is 0.359 bits per heavy atom. The molecule has 6 heteroatoms. The molecular formula is C58H32N4O2. The van der Waals surface area contributed by atoms with Crippen LogP contribution in [-0.4, -0.2) is 19.5 Å². The highest BCUT2D eigenvalue weighted by molar-refractivity contribution is 6.16. The van der Waals surface area contributed by atoms with Gasteiger partial charge in [0.25, 0.3) is 0 Å². The molecule has 0 N–H and O–H groups in total. The van der Waals surface area contributed by atoms with Gasteiger partial charge in [-0.25, -0.2) is 4.98 Å². The topological polar surface area (TPSA) is 69.9 Å². The van der Waals surface area contributed by atoms with Crippen LogP contribution in [0, 0.1) is 0 Å². The highest BCUT2D eigenvalue weighted by Crippen LogP contribution is 2.64. The van der Waals surface area contributed by atoms with Gasteiger partial charge in [-0.1, -0.05) is 152 Å². The molecule has 0 radical (unpaired) electrons. The lowest BCUT2D eigenvalue weighted by molar-refractivity contribution is 0.668. The van der Waals surface area contributed by atoms with Crippen LogP contribution in [0.25, 0.3) is 117 Å². The second-order valence-corrected chi connectivity index (χ2v) is 17.0. The summed E-state index contributed by atoms with van der Waals surface area (Å²) >= 11 is 0. The average molecular weight is 817 g/mol. The Morgan fingerprint density at radius 2 is 0.828 bits per heavy atom. The largest absolute Gasteiger partial charge is 0.456 e. The Morgan fingerprint density at radius 3 is 1.44 bits per heavy atom. The second-order valence-electron chi connectivity index (χ2n) is 17.0. The third-order valence-corrected chi connectivity index (χ3v) is 13.9. The average Bonchev–Trinajstić information content (AvgIpc) is 4.15. The molecule has 2 aliphatic rings. The predicted molar refractivity (Wildman–Crippen MR) is 256 cm³/mol. The lowest BCUT2D eigenvalue weighted by atomic mass is 9.70. The van der Waals surface area contributed by atoms with E-state index in [1.807, 2.05) is 36.4 Å². The summed E-state index contributed by atoms with van der Waals surface area (Å²) in [7, 11) is 0. The zero-order chi connectivity index (χ0) is 41.7. The Hall–Kier alpha value is -8.61. The molecule has 0 aliphatic heterocycles. The number of rotatable bonds is 3. The summed E-state index contributed by atoms with van der Waals surface area (Å²) in [5, 5.41) is 6.50. The fourth-order valence-corrected chi connectivity index (χ4v) is 11.3. The molecule has 13 aromatic rings. The Kier molecular flexibility index (Phi) is 6.53. The summed E-state index contributed by atoms with van der Waals surface area (Å²) in [5.41, 5.74) is 16.5. The number of hydrogen-bond acceptors (Lipinski definition) is 5. The first kappa shape index (κ1) is 34.0. The van der Waals surface area contributed by atoms with Crippen LogP contribution in [0.15, 0.2) is 203 Å². The number of hydrogen-bond donors (Lipinski definition) is 0. The molecule has 4 heterocycles. The number of furan rings is 2. The first-order chi connectivity index (χ1) is 31.7. The van der Waals surface area contributed by atoms with Crippen LogP contribution in [0.4, 0.5) is 0 Å². The van der Waals surface area contributed by atoms with E-state index in [4.69, 9.17) is 23.8 Å². The molecule has 0 amide bonds. The van der Waals surface area contributed by atoms with Crippen molar-refractivity contribution >= 4 is 65.7 Å².